The third-order valence-corrected chi connectivity index (χ3v) is 6.17. The lowest BCUT2D eigenvalue weighted by molar-refractivity contribution is -0.142. The van der Waals surface area contributed by atoms with Gasteiger partial charge in [-0.3, -0.25) is 4.79 Å². The van der Waals surface area contributed by atoms with E-state index in [1.165, 1.54) is 3.58 Å². The number of rotatable bonds is 2. The number of epoxide rings is 1. The van der Waals surface area contributed by atoms with Crippen molar-refractivity contribution in [1.29, 1.82) is 0 Å². The number of hydrogen-bond acceptors (Lipinski definition) is 3. The van der Waals surface area contributed by atoms with Gasteiger partial charge in [0.2, 0.25) is 0 Å². The molecule has 3 nitrogen and oxygen atoms in total. The summed E-state index contributed by atoms with van der Waals surface area (Å²) in [6, 6.07) is 10.1. The topological polar surface area (TPSA) is 49.8 Å². The third-order valence-electron chi connectivity index (χ3n) is 5.11. The Kier molecular flexibility index (Phi) is 2.69. The summed E-state index contributed by atoms with van der Waals surface area (Å²) in [6.45, 7) is 0.371. The van der Waals surface area contributed by atoms with E-state index >= 15 is 0 Å². The van der Waals surface area contributed by atoms with Gasteiger partial charge in [0, 0.05) is 11.8 Å². The van der Waals surface area contributed by atoms with Crippen molar-refractivity contribution in [1.82, 2.24) is 0 Å². The predicted octanol–water partition coefficient (Wildman–Crippen LogP) is 2.44. The van der Waals surface area contributed by atoms with Crippen molar-refractivity contribution >= 4 is 28.4 Å². The maximum absolute atomic E-state index is 12.9. The molecule has 5 rings (SSSR count). The van der Waals surface area contributed by atoms with Crippen LogP contribution in [0.15, 0.2) is 40.0 Å². The largest absolute Gasteiger partial charge is 0.395 e. The maximum Gasteiger partial charge on any atom is 0.180 e. The molecule has 0 amide bonds. The van der Waals surface area contributed by atoms with Crippen molar-refractivity contribution in [3.8, 4) is 0 Å². The smallest absolute Gasteiger partial charge is 0.180 e. The van der Waals surface area contributed by atoms with E-state index in [0.29, 0.717) is 6.61 Å². The Bertz CT molecular complexity index is 605. The van der Waals surface area contributed by atoms with E-state index in [1.54, 1.807) is 0 Å². The fraction of sp³-hybridized carbons (Fsp3) is 0.438. The molecular formula is C16H15IO3. The molecule has 2 fully saturated rings. The molecule has 4 heteroatoms. The number of ketones is 1. The quantitative estimate of drug-likeness (QED) is 0.632. The van der Waals surface area contributed by atoms with Crippen molar-refractivity contribution < 1.29 is 14.6 Å². The van der Waals surface area contributed by atoms with Gasteiger partial charge < -0.3 is 9.84 Å². The summed E-state index contributed by atoms with van der Waals surface area (Å²) in [5.74, 6) is 0.298. The summed E-state index contributed by atoms with van der Waals surface area (Å²) < 4.78 is 6.73. The van der Waals surface area contributed by atoms with E-state index in [-0.39, 0.29) is 24.2 Å². The highest BCUT2D eigenvalue weighted by Crippen LogP contribution is 2.63. The van der Waals surface area contributed by atoms with Crippen LogP contribution in [0.2, 0.25) is 0 Å². The van der Waals surface area contributed by atoms with Gasteiger partial charge in [0.15, 0.2) is 11.4 Å². The van der Waals surface area contributed by atoms with Crippen LogP contribution in [-0.2, 0) is 9.53 Å². The number of halogens is 1. The average molecular weight is 382 g/mol. The molecule has 0 aromatic heterocycles. The van der Waals surface area contributed by atoms with Gasteiger partial charge >= 0.3 is 0 Å². The molecule has 1 saturated carbocycles. The number of Topliss-reactive ketones (excluding diaryl/α,β-unsaturated/α-hetero) is 1. The second kappa shape index (κ2) is 4.15. The molecule has 1 heterocycles. The summed E-state index contributed by atoms with van der Waals surface area (Å²) in [7, 11) is 0. The van der Waals surface area contributed by atoms with Gasteiger partial charge in [-0.25, -0.2) is 0 Å². The summed E-state index contributed by atoms with van der Waals surface area (Å²) in [5.41, 5.74) is -0.293. The Labute approximate surface area is 131 Å². The predicted molar refractivity (Wildman–Crippen MR) is 82.6 cm³/mol. The molecule has 1 aliphatic heterocycles. The number of aliphatic hydroxyl groups excluding tert-OH is 1. The summed E-state index contributed by atoms with van der Waals surface area (Å²) in [6.07, 6.45) is 2.87. The average Bonchev–Trinajstić information content (AvgIpc) is 3.26. The molecule has 4 aliphatic rings. The number of carbonyl (C=O) groups is 1. The lowest BCUT2D eigenvalue weighted by Crippen LogP contribution is -2.58. The second-order valence-corrected chi connectivity index (χ2v) is 7.23. The van der Waals surface area contributed by atoms with Crippen LogP contribution < -0.4 is 0 Å². The highest BCUT2D eigenvalue weighted by Gasteiger charge is 2.71. The minimum Gasteiger partial charge on any atom is -0.395 e. The van der Waals surface area contributed by atoms with Crippen molar-refractivity contribution in [3.63, 3.8) is 0 Å². The van der Waals surface area contributed by atoms with Crippen LogP contribution in [0.3, 0.4) is 0 Å². The molecule has 104 valence electrons. The van der Waals surface area contributed by atoms with Gasteiger partial charge in [0.1, 0.15) is 0 Å². The van der Waals surface area contributed by atoms with Crippen LogP contribution in [0.5, 0.6) is 0 Å². The SMILES string of the molecule is O=C1[C@@]2(CO)C=C(I)C(CC2c2ccccc2)[C@]12CO2. The van der Waals surface area contributed by atoms with Crippen LogP contribution in [0.4, 0.5) is 0 Å². The minimum atomic E-state index is -0.802. The molecule has 4 atom stereocenters. The molecule has 1 aromatic rings. The minimum absolute atomic E-state index is 0.0551. The number of benzene rings is 1. The first kappa shape index (κ1) is 13.0. The van der Waals surface area contributed by atoms with E-state index in [0.717, 1.165) is 12.0 Å². The van der Waals surface area contributed by atoms with E-state index in [2.05, 4.69) is 34.7 Å². The molecule has 2 bridgehead atoms. The number of hydrogen-bond donors (Lipinski definition) is 1. The molecule has 1 N–H and O–H groups in total. The molecule has 20 heavy (non-hydrogen) atoms. The zero-order chi connectivity index (χ0) is 14.0. The van der Waals surface area contributed by atoms with E-state index < -0.39 is 11.0 Å². The Hall–Kier alpha value is -0.720. The fourth-order valence-corrected chi connectivity index (χ4v) is 5.26. The van der Waals surface area contributed by atoms with Gasteiger partial charge in [0.05, 0.1) is 18.6 Å². The van der Waals surface area contributed by atoms with Crippen molar-refractivity contribution in [2.45, 2.75) is 17.9 Å². The molecule has 3 aliphatic carbocycles. The van der Waals surface area contributed by atoms with E-state index in [9.17, 15) is 9.90 Å². The number of fused-ring (bicyclic) bond motifs is 1. The highest BCUT2D eigenvalue weighted by molar-refractivity contribution is 14.1. The molecule has 1 aromatic carbocycles. The fourth-order valence-electron chi connectivity index (χ4n) is 3.95. The Morgan fingerprint density at radius 3 is 2.60 bits per heavy atom. The van der Waals surface area contributed by atoms with Crippen LogP contribution >= 0.6 is 22.6 Å². The van der Waals surface area contributed by atoms with Crippen LogP contribution in [0.25, 0.3) is 0 Å². The first-order chi connectivity index (χ1) is 9.64. The van der Waals surface area contributed by atoms with Crippen LogP contribution in [0.1, 0.15) is 17.9 Å². The lowest BCUT2D eigenvalue weighted by atomic mass is 9.53. The second-order valence-electron chi connectivity index (χ2n) is 5.99. The van der Waals surface area contributed by atoms with E-state index in [1.807, 2.05) is 24.3 Å². The number of aliphatic hydroxyl groups is 1. The third kappa shape index (κ3) is 1.45. The Morgan fingerprint density at radius 1 is 1.30 bits per heavy atom. The normalized spacial score (nSPS) is 41.9. The zero-order valence-corrected chi connectivity index (χ0v) is 13.0. The van der Waals surface area contributed by atoms with Crippen molar-refractivity contribution in [3.05, 3.63) is 45.6 Å². The first-order valence-electron chi connectivity index (χ1n) is 6.87. The van der Waals surface area contributed by atoms with Crippen molar-refractivity contribution in [2.75, 3.05) is 13.2 Å². The molecular weight excluding hydrogens is 367 g/mol. The number of carbonyl (C=O) groups excluding carboxylic acids is 1. The number of ether oxygens (including phenoxy) is 1. The highest BCUT2D eigenvalue weighted by atomic mass is 127. The monoisotopic (exact) mass is 382 g/mol. The summed E-state index contributed by atoms with van der Waals surface area (Å²) >= 11 is 2.30. The van der Waals surface area contributed by atoms with Gasteiger partial charge in [-0.2, -0.15) is 0 Å². The van der Waals surface area contributed by atoms with Gasteiger partial charge in [-0.05, 0) is 38.2 Å². The molecule has 0 radical (unpaired) electrons. The summed E-state index contributed by atoms with van der Waals surface area (Å²) in [5, 5.41) is 10.0. The standard InChI is InChI=1S/C16H15IO3/c17-13-7-15(8-18)11(10-4-2-1-3-5-10)6-12(13)16(9-20-16)14(15)19/h1-5,7,11-12,18H,6,8-9H2/t11?,12?,15-,16-/m1/s1. The lowest BCUT2D eigenvalue weighted by Gasteiger charge is -2.50. The van der Waals surface area contributed by atoms with Gasteiger partial charge in [-0.1, -0.05) is 36.4 Å². The summed E-state index contributed by atoms with van der Waals surface area (Å²) in [4.78, 5) is 12.9. The maximum atomic E-state index is 12.9. The van der Waals surface area contributed by atoms with Gasteiger partial charge in [0.25, 0.3) is 0 Å². The van der Waals surface area contributed by atoms with Gasteiger partial charge in [-0.15, -0.1) is 0 Å². The Morgan fingerprint density at radius 2 is 2.00 bits per heavy atom. The van der Waals surface area contributed by atoms with Crippen molar-refractivity contribution in [2.24, 2.45) is 11.3 Å². The van der Waals surface area contributed by atoms with Crippen LogP contribution in [0, 0.1) is 11.3 Å². The molecule has 1 saturated heterocycles. The zero-order valence-electron chi connectivity index (χ0n) is 10.9. The molecule has 2 unspecified atom stereocenters. The van der Waals surface area contributed by atoms with Crippen LogP contribution in [-0.4, -0.2) is 29.7 Å². The molecule has 1 spiro atoms. The van der Waals surface area contributed by atoms with E-state index in [4.69, 9.17) is 4.74 Å². The Balaban J connectivity index is 1.87. The first-order valence-corrected chi connectivity index (χ1v) is 7.95.